The summed E-state index contributed by atoms with van der Waals surface area (Å²) in [4.78, 5) is 9.43. The number of oxazole rings is 1. The number of hydrogen-bond acceptors (Lipinski definition) is 4. The molecule has 0 unspecified atom stereocenters. The number of aryl methyl sites for hydroxylation is 2. The third-order valence-corrected chi connectivity index (χ3v) is 5.62. The molecule has 0 saturated carbocycles. The highest BCUT2D eigenvalue weighted by Gasteiger charge is 2.13. The Labute approximate surface area is 167 Å². The monoisotopic (exact) mass is 385 g/mol. The predicted molar refractivity (Wildman–Crippen MR) is 113 cm³/mol. The molecule has 28 heavy (non-hydrogen) atoms. The molecule has 0 saturated heterocycles. The fourth-order valence-electron chi connectivity index (χ4n) is 3.41. The number of imidazole rings is 1. The van der Waals surface area contributed by atoms with Gasteiger partial charge >= 0.3 is 0 Å². The van der Waals surface area contributed by atoms with Crippen LogP contribution in [0.1, 0.15) is 11.4 Å². The van der Waals surface area contributed by atoms with E-state index in [2.05, 4.69) is 58.1 Å². The van der Waals surface area contributed by atoms with Crippen molar-refractivity contribution in [3.05, 3.63) is 90.3 Å². The van der Waals surface area contributed by atoms with Crippen LogP contribution in [0.4, 0.5) is 0 Å². The average Bonchev–Trinajstić information content (AvgIpc) is 3.32. The van der Waals surface area contributed by atoms with Crippen molar-refractivity contribution in [2.75, 3.05) is 0 Å². The Hall–Kier alpha value is -3.05. The third-order valence-electron chi connectivity index (χ3n) is 4.80. The van der Waals surface area contributed by atoms with E-state index in [9.17, 15) is 0 Å². The molecule has 5 rings (SSSR count). The van der Waals surface area contributed by atoms with Gasteiger partial charge in [0.25, 0.3) is 5.22 Å². The lowest BCUT2D eigenvalue weighted by Gasteiger charge is -2.09. The van der Waals surface area contributed by atoms with E-state index in [1.54, 1.807) is 11.8 Å². The van der Waals surface area contributed by atoms with E-state index in [1.807, 2.05) is 30.3 Å². The molecule has 0 atom stereocenters. The first-order valence-electron chi connectivity index (χ1n) is 9.33. The second kappa shape index (κ2) is 7.52. The van der Waals surface area contributed by atoms with Gasteiger partial charge in [0.05, 0.1) is 16.8 Å². The van der Waals surface area contributed by atoms with Gasteiger partial charge in [0.1, 0.15) is 11.3 Å². The molecule has 0 aliphatic rings. The van der Waals surface area contributed by atoms with E-state index in [-0.39, 0.29) is 0 Å². The molecule has 0 aliphatic heterocycles. The number of nitrogens with zero attached hydrogens (tertiary/aromatic N) is 3. The highest BCUT2D eigenvalue weighted by Crippen LogP contribution is 2.27. The van der Waals surface area contributed by atoms with Crippen molar-refractivity contribution >= 4 is 33.9 Å². The molecular weight excluding hydrogens is 366 g/mol. The van der Waals surface area contributed by atoms with Crippen LogP contribution < -0.4 is 0 Å². The van der Waals surface area contributed by atoms with Crippen LogP contribution in [0.5, 0.6) is 0 Å². The molecule has 0 aliphatic carbocycles. The number of hydrogen-bond donors (Lipinski definition) is 0. The van der Waals surface area contributed by atoms with Gasteiger partial charge in [0, 0.05) is 6.54 Å². The smallest absolute Gasteiger partial charge is 0.257 e. The van der Waals surface area contributed by atoms with Crippen molar-refractivity contribution in [1.82, 2.24) is 14.5 Å². The molecule has 0 bridgehead atoms. The van der Waals surface area contributed by atoms with Crippen LogP contribution >= 0.6 is 11.8 Å². The normalized spacial score (nSPS) is 11.4. The van der Waals surface area contributed by atoms with E-state index in [4.69, 9.17) is 9.40 Å². The second-order valence-electron chi connectivity index (χ2n) is 6.64. The summed E-state index contributed by atoms with van der Waals surface area (Å²) in [6.45, 7) is 0.897. The Morgan fingerprint density at radius 3 is 2.39 bits per heavy atom. The first-order chi connectivity index (χ1) is 13.9. The molecule has 0 amide bonds. The Bertz CT molecular complexity index is 1190. The second-order valence-corrected chi connectivity index (χ2v) is 7.57. The van der Waals surface area contributed by atoms with Crippen LogP contribution in [0.3, 0.4) is 0 Å². The summed E-state index contributed by atoms with van der Waals surface area (Å²) in [6.07, 6.45) is 0.974. The SMILES string of the molecule is c1ccc(CCn2c(CSc3nc4ccccc4o3)nc3ccccc32)cc1. The topological polar surface area (TPSA) is 43.9 Å². The molecule has 3 aromatic carbocycles. The van der Waals surface area contributed by atoms with E-state index < -0.39 is 0 Å². The minimum atomic E-state index is 0.683. The summed E-state index contributed by atoms with van der Waals surface area (Å²) in [7, 11) is 0. The highest BCUT2D eigenvalue weighted by atomic mass is 32.2. The van der Waals surface area contributed by atoms with Crippen molar-refractivity contribution in [2.24, 2.45) is 0 Å². The maximum absolute atomic E-state index is 5.85. The molecule has 0 fully saturated rings. The van der Waals surface area contributed by atoms with Gasteiger partial charge in [-0.2, -0.15) is 0 Å². The van der Waals surface area contributed by atoms with Crippen LogP contribution in [0, 0.1) is 0 Å². The van der Waals surface area contributed by atoms with Crippen LogP contribution in [0.15, 0.2) is 88.5 Å². The first-order valence-corrected chi connectivity index (χ1v) is 10.3. The zero-order chi connectivity index (χ0) is 18.8. The summed E-state index contributed by atoms with van der Waals surface area (Å²) in [5.74, 6) is 1.76. The zero-order valence-corrected chi connectivity index (χ0v) is 16.1. The van der Waals surface area contributed by atoms with Crippen molar-refractivity contribution in [2.45, 2.75) is 23.9 Å². The number of para-hydroxylation sites is 4. The van der Waals surface area contributed by atoms with Gasteiger partial charge < -0.3 is 8.98 Å². The van der Waals surface area contributed by atoms with Crippen LogP contribution in [-0.4, -0.2) is 14.5 Å². The third kappa shape index (κ3) is 3.41. The molecule has 2 aromatic heterocycles. The molecule has 0 N–H and O–H groups in total. The summed E-state index contributed by atoms with van der Waals surface area (Å²) in [5, 5.41) is 0.683. The van der Waals surface area contributed by atoms with Gasteiger partial charge in [0.2, 0.25) is 0 Å². The van der Waals surface area contributed by atoms with Crippen LogP contribution in [0.25, 0.3) is 22.1 Å². The number of aromatic nitrogens is 3. The van der Waals surface area contributed by atoms with Gasteiger partial charge in [-0.15, -0.1) is 0 Å². The lowest BCUT2D eigenvalue weighted by Crippen LogP contribution is -2.05. The first kappa shape index (κ1) is 17.1. The van der Waals surface area contributed by atoms with Crippen LogP contribution in [0.2, 0.25) is 0 Å². The molecule has 5 aromatic rings. The lowest BCUT2D eigenvalue weighted by molar-refractivity contribution is 0.489. The summed E-state index contributed by atoms with van der Waals surface area (Å²) in [6, 6.07) is 26.7. The van der Waals surface area contributed by atoms with Gasteiger partial charge in [-0.05, 0) is 36.2 Å². The van der Waals surface area contributed by atoms with Gasteiger partial charge in [-0.3, -0.25) is 0 Å². The standard InChI is InChI=1S/C23H19N3OS/c1-2-8-17(9-3-1)14-15-26-20-12-6-4-10-18(20)24-22(26)16-28-23-25-19-11-5-7-13-21(19)27-23/h1-13H,14-16H2. The Kier molecular flexibility index (Phi) is 4.59. The van der Waals surface area contributed by atoms with Crippen molar-refractivity contribution in [3.8, 4) is 0 Å². The van der Waals surface area contributed by atoms with E-state index >= 15 is 0 Å². The summed E-state index contributed by atoms with van der Waals surface area (Å²) in [5.41, 5.74) is 5.25. The zero-order valence-electron chi connectivity index (χ0n) is 15.3. The fraction of sp³-hybridized carbons (Fsp3) is 0.130. The number of benzene rings is 3. The Morgan fingerprint density at radius 2 is 1.54 bits per heavy atom. The van der Waals surface area contributed by atoms with E-state index in [1.165, 1.54) is 11.1 Å². The molecule has 0 spiro atoms. The number of fused-ring (bicyclic) bond motifs is 2. The quantitative estimate of drug-likeness (QED) is 0.351. The predicted octanol–water partition coefficient (Wildman–Crippen LogP) is 5.71. The van der Waals surface area contributed by atoms with Gasteiger partial charge in [-0.25, -0.2) is 9.97 Å². The molecule has 0 radical (unpaired) electrons. The Morgan fingerprint density at radius 1 is 0.786 bits per heavy atom. The average molecular weight is 385 g/mol. The maximum Gasteiger partial charge on any atom is 0.257 e. The lowest BCUT2D eigenvalue weighted by atomic mass is 10.1. The minimum Gasteiger partial charge on any atom is -0.431 e. The largest absolute Gasteiger partial charge is 0.431 e. The van der Waals surface area contributed by atoms with Crippen molar-refractivity contribution in [3.63, 3.8) is 0 Å². The molecule has 4 nitrogen and oxygen atoms in total. The number of rotatable bonds is 6. The van der Waals surface area contributed by atoms with Gasteiger partial charge in [-0.1, -0.05) is 66.4 Å². The summed E-state index contributed by atoms with van der Waals surface area (Å²) >= 11 is 1.59. The molecule has 2 heterocycles. The molecular formula is C23H19N3OS. The van der Waals surface area contributed by atoms with Gasteiger partial charge in [0.15, 0.2) is 5.58 Å². The Balaban J connectivity index is 1.41. The number of thioether (sulfide) groups is 1. The van der Waals surface area contributed by atoms with Crippen molar-refractivity contribution in [1.29, 1.82) is 0 Å². The van der Waals surface area contributed by atoms with Crippen molar-refractivity contribution < 1.29 is 4.42 Å². The summed E-state index contributed by atoms with van der Waals surface area (Å²) < 4.78 is 8.17. The maximum atomic E-state index is 5.85. The van der Waals surface area contributed by atoms with Crippen LogP contribution in [-0.2, 0) is 18.7 Å². The van der Waals surface area contributed by atoms with E-state index in [0.717, 1.165) is 41.2 Å². The minimum absolute atomic E-state index is 0.683. The fourth-order valence-corrected chi connectivity index (χ4v) is 4.19. The molecule has 5 heteroatoms. The molecule has 138 valence electrons. The highest BCUT2D eigenvalue weighted by molar-refractivity contribution is 7.98. The van der Waals surface area contributed by atoms with E-state index in [0.29, 0.717) is 5.22 Å².